The second-order valence-corrected chi connectivity index (χ2v) is 4.17. The maximum atomic E-state index is 12.0. The number of carboxylic acids is 1. The third-order valence-corrected chi connectivity index (χ3v) is 2.80. The Balaban J connectivity index is 1.95. The number of ether oxygens (including phenoxy) is 1. The lowest BCUT2D eigenvalue weighted by molar-refractivity contribution is -0.147. The summed E-state index contributed by atoms with van der Waals surface area (Å²) in [6, 6.07) is -0.263. The lowest BCUT2D eigenvalue weighted by atomic mass is 10.2. The molecule has 0 bridgehead atoms. The van der Waals surface area contributed by atoms with E-state index in [-0.39, 0.29) is 24.5 Å². The van der Waals surface area contributed by atoms with Crippen molar-refractivity contribution in [3.05, 3.63) is 0 Å². The average molecular weight is 228 g/mol. The Morgan fingerprint density at radius 1 is 1.44 bits per heavy atom. The van der Waals surface area contributed by atoms with Crippen LogP contribution in [0.15, 0.2) is 0 Å². The molecule has 2 rings (SSSR count). The third kappa shape index (κ3) is 2.70. The molecule has 0 aromatic heterocycles. The van der Waals surface area contributed by atoms with Gasteiger partial charge in [-0.25, -0.2) is 0 Å². The molecule has 1 saturated heterocycles. The monoisotopic (exact) mass is 228 g/mol. The number of hydrogen-bond donors (Lipinski definition) is 2. The highest BCUT2D eigenvalue weighted by Crippen LogP contribution is 2.27. The Morgan fingerprint density at radius 3 is 2.69 bits per heavy atom. The van der Waals surface area contributed by atoms with Crippen molar-refractivity contribution in [1.29, 1.82) is 0 Å². The highest BCUT2D eigenvalue weighted by molar-refractivity contribution is 5.86. The maximum absolute atomic E-state index is 12.0. The number of aliphatic carboxylic acids is 1. The molecule has 6 nitrogen and oxygen atoms in total. The van der Waals surface area contributed by atoms with Gasteiger partial charge in [0.05, 0.1) is 13.2 Å². The maximum Gasteiger partial charge on any atom is 0.323 e. The number of carbonyl (C=O) groups is 2. The van der Waals surface area contributed by atoms with Gasteiger partial charge in [-0.3, -0.25) is 9.59 Å². The first kappa shape index (κ1) is 11.3. The fourth-order valence-corrected chi connectivity index (χ4v) is 1.84. The molecule has 1 unspecified atom stereocenters. The summed E-state index contributed by atoms with van der Waals surface area (Å²) in [6.07, 6.45) is 1.82. The molecule has 2 N–H and O–H groups in total. The first-order valence-electron chi connectivity index (χ1n) is 5.52. The second-order valence-electron chi connectivity index (χ2n) is 4.17. The predicted octanol–water partition coefficient (Wildman–Crippen LogP) is -0.950. The van der Waals surface area contributed by atoms with Crippen molar-refractivity contribution in [3.63, 3.8) is 0 Å². The number of carboxylic acid groups (broad SMARTS) is 1. The van der Waals surface area contributed by atoms with Crippen molar-refractivity contribution in [3.8, 4) is 0 Å². The van der Waals surface area contributed by atoms with Crippen molar-refractivity contribution < 1.29 is 19.4 Å². The molecular weight excluding hydrogens is 212 g/mol. The smallest absolute Gasteiger partial charge is 0.323 e. The lowest BCUT2D eigenvalue weighted by Crippen LogP contribution is -2.54. The fraction of sp³-hybridized carbons (Fsp3) is 0.800. The molecule has 2 fully saturated rings. The molecule has 6 heteroatoms. The summed E-state index contributed by atoms with van der Waals surface area (Å²) in [5, 5.41) is 11.8. The van der Waals surface area contributed by atoms with Gasteiger partial charge in [0.25, 0.3) is 0 Å². The van der Waals surface area contributed by atoms with Crippen LogP contribution in [-0.4, -0.2) is 60.3 Å². The topological polar surface area (TPSA) is 78.9 Å². The summed E-state index contributed by atoms with van der Waals surface area (Å²) in [4.78, 5) is 24.2. The van der Waals surface area contributed by atoms with Gasteiger partial charge >= 0.3 is 5.97 Å². The van der Waals surface area contributed by atoms with Gasteiger partial charge in [0.2, 0.25) is 5.91 Å². The van der Waals surface area contributed by atoms with E-state index in [1.807, 2.05) is 0 Å². The van der Waals surface area contributed by atoms with E-state index in [2.05, 4.69) is 5.32 Å². The van der Waals surface area contributed by atoms with Crippen LogP contribution in [0.3, 0.4) is 0 Å². The number of hydrogen-bond acceptors (Lipinski definition) is 4. The molecule has 1 aliphatic carbocycles. The van der Waals surface area contributed by atoms with Crippen LogP contribution in [0.1, 0.15) is 12.8 Å². The highest BCUT2D eigenvalue weighted by atomic mass is 16.5. The Morgan fingerprint density at radius 2 is 2.19 bits per heavy atom. The number of amides is 1. The molecule has 1 atom stereocenters. The molecule has 2 aliphatic rings. The van der Waals surface area contributed by atoms with E-state index in [1.54, 1.807) is 0 Å². The first-order chi connectivity index (χ1) is 7.68. The Kier molecular flexibility index (Phi) is 3.40. The minimum Gasteiger partial charge on any atom is -0.480 e. The number of nitrogens with one attached hydrogen (secondary N) is 1. The standard InChI is InChI=1S/C10H16N2O4/c13-9(14)5-12(7-1-2-7)10(15)8-6-16-4-3-11-8/h7-8,11H,1-6H2,(H,13,14). The molecule has 0 spiro atoms. The van der Waals surface area contributed by atoms with Gasteiger partial charge in [0.1, 0.15) is 12.6 Å². The zero-order valence-electron chi connectivity index (χ0n) is 9.02. The molecule has 1 aliphatic heterocycles. The van der Waals surface area contributed by atoms with E-state index in [4.69, 9.17) is 9.84 Å². The van der Waals surface area contributed by atoms with Gasteiger partial charge in [-0.2, -0.15) is 0 Å². The van der Waals surface area contributed by atoms with E-state index < -0.39 is 5.97 Å². The summed E-state index contributed by atoms with van der Waals surface area (Å²) < 4.78 is 5.20. The SMILES string of the molecule is O=C(O)CN(C(=O)C1COCCN1)C1CC1. The van der Waals surface area contributed by atoms with Crippen LogP contribution >= 0.6 is 0 Å². The zero-order chi connectivity index (χ0) is 11.5. The minimum absolute atomic E-state index is 0.118. The van der Waals surface area contributed by atoms with E-state index in [9.17, 15) is 9.59 Å². The first-order valence-corrected chi connectivity index (χ1v) is 5.52. The molecular formula is C10H16N2O4. The van der Waals surface area contributed by atoms with Crippen LogP contribution in [0.5, 0.6) is 0 Å². The Labute approximate surface area is 93.6 Å². The van der Waals surface area contributed by atoms with Gasteiger partial charge < -0.3 is 20.1 Å². The molecule has 0 aromatic rings. The van der Waals surface area contributed by atoms with Gasteiger partial charge in [0.15, 0.2) is 0 Å². The molecule has 1 saturated carbocycles. The summed E-state index contributed by atoms with van der Waals surface area (Å²) in [5.41, 5.74) is 0. The molecule has 1 heterocycles. The summed E-state index contributed by atoms with van der Waals surface area (Å²) in [7, 11) is 0. The Bertz CT molecular complexity index is 285. The van der Waals surface area contributed by atoms with Gasteiger partial charge in [-0.15, -0.1) is 0 Å². The van der Waals surface area contributed by atoms with Crippen LogP contribution in [0.4, 0.5) is 0 Å². The van der Waals surface area contributed by atoms with Crippen molar-refractivity contribution in [2.75, 3.05) is 26.3 Å². The number of morpholine rings is 1. The van der Waals surface area contributed by atoms with E-state index in [1.165, 1.54) is 4.90 Å². The predicted molar refractivity (Wildman–Crippen MR) is 55.0 cm³/mol. The van der Waals surface area contributed by atoms with Crippen LogP contribution in [0.2, 0.25) is 0 Å². The quantitative estimate of drug-likeness (QED) is 0.648. The number of nitrogens with zero attached hydrogens (tertiary/aromatic N) is 1. The molecule has 90 valence electrons. The molecule has 1 amide bonds. The fourth-order valence-electron chi connectivity index (χ4n) is 1.84. The van der Waals surface area contributed by atoms with E-state index in [0.29, 0.717) is 19.8 Å². The van der Waals surface area contributed by atoms with E-state index in [0.717, 1.165) is 12.8 Å². The second kappa shape index (κ2) is 4.80. The zero-order valence-corrected chi connectivity index (χ0v) is 9.02. The molecule has 0 aromatic carbocycles. The summed E-state index contributed by atoms with van der Waals surface area (Å²) in [6.45, 7) is 1.37. The number of rotatable bonds is 4. The van der Waals surface area contributed by atoms with Crippen LogP contribution in [-0.2, 0) is 14.3 Å². The van der Waals surface area contributed by atoms with Crippen LogP contribution in [0, 0.1) is 0 Å². The lowest BCUT2D eigenvalue weighted by Gasteiger charge is -2.29. The van der Waals surface area contributed by atoms with Gasteiger partial charge in [-0.1, -0.05) is 0 Å². The van der Waals surface area contributed by atoms with Crippen LogP contribution in [0.25, 0.3) is 0 Å². The van der Waals surface area contributed by atoms with Gasteiger partial charge in [0, 0.05) is 12.6 Å². The van der Waals surface area contributed by atoms with Crippen molar-refractivity contribution >= 4 is 11.9 Å². The highest BCUT2D eigenvalue weighted by Gasteiger charge is 2.37. The largest absolute Gasteiger partial charge is 0.480 e. The van der Waals surface area contributed by atoms with Gasteiger partial charge in [-0.05, 0) is 12.8 Å². The molecule has 16 heavy (non-hydrogen) atoms. The minimum atomic E-state index is -0.961. The normalized spacial score (nSPS) is 25.1. The Hall–Kier alpha value is -1.14. The van der Waals surface area contributed by atoms with Crippen molar-refractivity contribution in [2.24, 2.45) is 0 Å². The third-order valence-electron chi connectivity index (χ3n) is 2.80. The summed E-state index contributed by atoms with van der Waals surface area (Å²) >= 11 is 0. The average Bonchev–Trinajstić information content (AvgIpc) is 3.10. The van der Waals surface area contributed by atoms with Crippen LogP contribution < -0.4 is 5.32 Å². The van der Waals surface area contributed by atoms with E-state index >= 15 is 0 Å². The summed E-state index contributed by atoms with van der Waals surface area (Å²) in [5.74, 6) is -1.11. The number of carbonyl (C=O) groups excluding carboxylic acids is 1. The van der Waals surface area contributed by atoms with Crippen molar-refractivity contribution in [2.45, 2.75) is 24.9 Å². The van der Waals surface area contributed by atoms with Crippen molar-refractivity contribution in [1.82, 2.24) is 10.2 Å². The molecule has 0 radical (unpaired) electrons.